The van der Waals surface area contributed by atoms with Gasteiger partial charge in [-0.05, 0) is 5.92 Å². The number of hydrogen-bond donors (Lipinski definition) is 3. The van der Waals surface area contributed by atoms with Crippen LogP contribution in [-0.2, 0) is 4.79 Å². The van der Waals surface area contributed by atoms with Gasteiger partial charge in [0.25, 0.3) is 0 Å². The van der Waals surface area contributed by atoms with Crippen LogP contribution < -0.4 is 10.6 Å². The molecule has 1 fully saturated rings. The lowest BCUT2D eigenvalue weighted by Crippen LogP contribution is -2.53. The minimum absolute atomic E-state index is 0. The molecular formula is C12H25ClN2O2. The van der Waals surface area contributed by atoms with Crippen molar-refractivity contribution in [3.8, 4) is 0 Å². The van der Waals surface area contributed by atoms with Gasteiger partial charge in [-0.1, -0.05) is 27.7 Å². The molecule has 17 heavy (non-hydrogen) atoms. The summed E-state index contributed by atoms with van der Waals surface area (Å²) in [5.74, 6) is 0.423. The Morgan fingerprint density at radius 2 is 2.00 bits per heavy atom. The zero-order valence-electron chi connectivity index (χ0n) is 11.1. The fourth-order valence-electron chi connectivity index (χ4n) is 1.94. The molecule has 3 N–H and O–H groups in total. The first kappa shape index (κ1) is 16.7. The van der Waals surface area contributed by atoms with E-state index in [1.807, 2.05) is 27.7 Å². The van der Waals surface area contributed by atoms with E-state index < -0.39 is 6.10 Å². The Kier molecular flexibility index (Phi) is 6.45. The normalized spacial score (nSPS) is 18.2. The number of halogens is 1. The summed E-state index contributed by atoms with van der Waals surface area (Å²) < 4.78 is 0. The van der Waals surface area contributed by atoms with Crippen molar-refractivity contribution in [2.24, 2.45) is 17.3 Å². The lowest BCUT2D eigenvalue weighted by Gasteiger charge is -2.34. The summed E-state index contributed by atoms with van der Waals surface area (Å²) in [6.07, 6.45) is -0.396. The molecule has 1 aliphatic heterocycles. The molecular weight excluding hydrogens is 240 g/mol. The van der Waals surface area contributed by atoms with Crippen LogP contribution in [0.1, 0.15) is 27.7 Å². The number of carbonyl (C=O) groups is 1. The quantitative estimate of drug-likeness (QED) is 0.688. The average molecular weight is 265 g/mol. The predicted molar refractivity (Wildman–Crippen MR) is 71.2 cm³/mol. The van der Waals surface area contributed by atoms with Gasteiger partial charge in [-0.25, -0.2) is 0 Å². The highest BCUT2D eigenvalue weighted by Crippen LogP contribution is 2.25. The molecule has 1 unspecified atom stereocenters. The third kappa shape index (κ3) is 4.45. The van der Waals surface area contributed by atoms with Gasteiger partial charge >= 0.3 is 0 Å². The van der Waals surface area contributed by atoms with Crippen LogP contribution in [0, 0.1) is 17.3 Å². The van der Waals surface area contributed by atoms with Crippen molar-refractivity contribution in [2.75, 3.05) is 19.6 Å². The molecule has 1 aliphatic rings. The van der Waals surface area contributed by atoms with Crippen molar-refractivity contribution >= 4 is 18.3 Å². The van der Waals surface area contributed by atoms with Crippen LogP contribution in [0.3, 0.4) is 0 Å². The van der Waals surface area contributed by atoms with Gasteiger partial charge in [0.05, 0.1) is 12.0 Å². The Morgan fingerprint density at radius 3 is 2.35 bits per heavy atom. The molecule has 0 aromatic heterocycles. The van der Waals surface area contributed by atoms with E-state index in [0.29, 0.717) is 6.54 Å². The molecule has 0 aromatic carbocycles. The van der Waals surface area contributed by atoms with E-state index in [1.165, 1.54) is 0 Å². The maximum absolute atomic E-state index is 11.6. The maximum Gasteiger partial charge on any atom is 0.225 e. The molecule has 0 saturated carbocycles. The Hall–Kier alpha value is -0.320. The first-order valence-electron chi connectivity index (χ1n) is 6.01. The number of aliphatic hydroxyl groups is 1. The number of aliphatic hydroxyl groups excluding tert-OH is 1. The smallest absolute Gasteiger partial charge is 0.225 e. The van der Waals surface area contributed by atoms with Gasteiger partial charge in [0, 0.05) is 25.0 Å². The van der Waals surface area contributed by atoms with Crippen molar-refractivity contribution in [1.29, 1.82) is 0 Å². The highest BCUT2D eigenvalue weighted by Gasteiger charge is 2.32. The highest BCUT2D eigenvalue weighted by atomic mass is 35.5. The van der Waals surface area contributed by atoms with Crippen LogP contribution in [0.25, 0.3) is 0 Å². The number of amides is 1. The monoisotopic (exact) mass is 264 g/mol. The van der Waals surface area contributed by atoms with E-state index >= 15 is 0 Å². The number of hydrogen-bond acceptors (Lipinski definition) is 3. The minimum atomic E-state index is -0.396. The van der Waals surface area contributed by atoms with Gasteiger partial charge in [-0.15, -0.1) is 12.4 Å². The summed E-state index contributed by atoms with van der Waals surface area (Å²) in [6, 6.07) is 0. The lowest BCUT2D eigenvalue weighted by atomic mass is 9.80. The Balaban J connectivity index is 0.00000256. The second-order valence-electron chi connectivity index (χ2n) is 5.75. The van der Waals surface area contributed by atoms with Crippen LogP contribution in [-0.4, -0.2) is 36.8 Å². The van der Waals surface area contributed by atoms with Gasteiger partial charge in [-0.3, -0.25) is 4.79 Å². The summed E-state index contributed by atoms with van der Waals surface area (Å²) in [7, 11) is 0. The van der Waals surface area contributed by atoms with Crippen LogP contribution in [0.4, 0.5) is 0 Å². The van der Waals surface area contributed by atoms with Gasteiger partial charge in [0.1, 0.15) is 0 Å². The van der Waals surface area contributed by atoms with E-state index in [0.717, 1.165) is 13.1 Å². The minimum Gasteiger partial charge on any atom is -0.392 e. The Bertz CT molecular complexity index is 253. The van der Waals surface area contributed by atoms with E-state index in [1.54, 1.807) is 0 Å². The lowest BCUT2D eigenvalue weighted by molar-refractivity contribution is -0.127. The molecule has 1 saturated heterocycles. The molecule has 1 heterocycles. The van der Waals surface area contributed by atoms with Crippen LogP contribution in [0.2, 0.25) is 0 Å². The van der Waals surface area contributed by atoms with E-state index in [9.17, 15) is 9.90 Å². The van der Waals surface area contributed by atoms with Gasteiger partial charge in [-0.2, -0.15) is 0 Å². The Labute approximate surface area is 110 Å². The van der Waals surface area contributed by atoms with E-state index in [2.05, 4.69) is 10.6 Å². The van der Waals surface area contributed by atoms with Crippen molar-refractivity contribution in [2.45, 2.75) is 33.8 Å². The topological polar surface area (TPSA) is 61.4 Å². The third-order valence-electron chi connectivity index (χ3n) is 3.30. The first-order valence-corrected chi connectivity index (χ1v) is 6.01. The van der Waals surface area contributed by atoms with Crippen LogP contribution in [0.15, 0.2) is 0 Å². The summed E-state index contributed by atoms with van der Waals surface area (Å²) >= 11 is 0. The second kappa shape index (κ2) is 6.57. The second-order valence-corrected chi connectivity index (χ2v) is 5.75. The fourth-order valence-corrected chi connectivity index (χ4v) is 1.94. The molecule has 0 aromatic rings. The average Bonchev–Trinajstić information content (AvgIpc) is 2.10. The van der Waals surface area contributed by atoms with Crippen LogP contribution >= 0.6 is 12.4 Å². The van der Waals surface area contributed by atoms with Crippen molar-refractivity contribution in [3.05, 3.63) is 0 Å². The fraction of sp³-hybridized carbons (Fsp3) is 0.917. The predicted octanol–water partition coefficient (Wildman–Crippen LogP) is 0.787. The van der Waals surface area contributed by atoms with Gasteiger partial charge in [0.15, 0.2) is 0 Å². The van der Waals surface area contributed by atoms with E-state index in [-0.39, 0.29) is 35.6 Å². The molecule has 1 amide bonds. The molecule has 0 aliphatic carbocycles. The molecule has 4 nitrogen and oxygen atoms in total. The third-order valence-corrected chi connectivity index (χ3v) is 3.30. The molecule has 5 heteroatoms. The van der Waals surface area contributed by atoms with Crippen molar-refractivity contribution < 1.29 is 9.90 Å². The zero-order chi connectivity index (χ0) is 12.3. The van der Waals surface area contributed by atoms with E-state index in [4.69, 9.17) is 0 Å². The van der Waals surface area contributed by atoms with Gasteiger partial charge in [0.2, 0.25) is 5.91 Å². The SMILES string of the molecule is CC(C)C(O)C(C)(C)CNC(=O)C1CNC1.Cl. The zero-order valence-corrected chi connectivity index (χ0v) is 11.9. The standard InChI is InChI=1S/C12H24N2O2.ClH/c1-8(2)10(15)12(3,4)7-14-11(16)9-5-13-6-9;/h8-10,13,15H,5-7H2,1-4H3,(H,14,16);1H. The van der Waals surface area contributed by atoms with Crippen molar-refractivity contribution in [3.63, 3.8) is 0 Å². The molecule has 0 radical (unpaired) electrons. The van der Waals surface area contributed by atoms with Gasteiger partial charge < -0.3 is 15.7 Å². The summed E-state index contributed by atoms with van der Waals surface area (Å²) in [6.45, 7) is 10.0. The molecule has 1 rings (SSSR count). The number of rotatable bonds is 5. The largest absolute Gasteiger partial charge is 0.392 e. The van der Waals surface area contributed by atoms with Crippen LogP contribution in [0.5, 0.6) is 0 Å². The number of nitrogens with one attached hydrogen (secondary N) is 2. The first-order chi connectivity index (χ1) is 7.34. The molecule has 1 atom stereocenters. The summed E-state index contributed by atoms with van der Waals surface area (Å²) in [5, 5.41) is 16.0. The molecule has 0 spiro atoms. The Morgan fingerprint density at radius 1 is 1.47 bits per heavy atom. The molecule has 102 valence electrons. The summed E-state index contributed by atoms with van der Waals surface area (Å²) in [5.41, 5.74) is -0.277. The molecule has 0 bridgehead atoms. The maximum atomic E-state index is 11.6. The highest BCUT2D eigenvalue weighted by molar-refractivity contribution is 5.85. The number of carbonyl (C=O) groups excluding carboxylic acids is 1. The summed E-state index contributed by atoms with van der Waals surface area (Å²) in [4.78, 5) is 11.6. The van der Waals surface area contributed by atoms with Crippen molar-refractivity contribution in [1.82, 2.24) is 10.6 Å².